The van der Waals surface area contributed by atoms with Gasteiger partial charge in [0.25, 0.3) is 0 Å². The van der Waals surface area contributed by atoms with Crippen LogP contribution in [0.1, 0.15) is 42.5 Å². The predicted molar refractivity (Wildman–Crippen MR) is 144 cm³/mol. The molecule has 0 heterocycles. The number of nitrogens with zero attached hydrogens (tertiary/aromatic N) is 1. The van der Waals surface area contributed by atoms with Crippen LogP contribution < -0.4 is 5.32 Å². The van der Waals surface area contributed by atoms with Crippen LogP contribution >= 0.6 is 23.2 Å². The van der Waals surface area contributed by atoms with Crippen molar-refractivity contribution in [2.75, 3.05) is 0 Å². The van der Waals surface area contributed by atoms with Gasteiger partial charge in [-0.1, -0.05) is 90.8 Å². The molecule has 3 rings (SSSR count). The summed E-state index contributed by atoms with van der Waals surface area (Å²) in [5, 5.41) is 3.93. The van der Waals surface area contributed by atoms with Gasteiger partial charge in [-0.3, -0.25) is 9.59 Å². The molecule has 0 saturated heterocycles. The Hall–Kier alpha value is -2.82. The number of carbonyl (C=O) groups excluding carboxylic acids is 2. The zero-order valence-corrected chi connectivity index (χ0v) is 21.9. The average Bonchev–Trinajstić information content (AvgIpc) is 2.85. The van der Waals surface area contributed by atoms with Gasteiger partial charge in [0.15, 0.2) is 0 Å². The van der Waals surface area contributed by atoms with Crippen LogP contribution in [-0.2, 0) is 29.0 Å². The minimum Gasteiger partial charge on any atom is -0.352 e. The van der Waals surface area contributed by atoms with Crippen molar-refractivity contribution in [3.63, 3.8) is 0 Å². The van der Waals surface area contributed by atoms with E-state index in [1.165, 1.54) is 0 Å². The molecule has 3 aromatic rings. The Labute approximate surface area is 218 Å². The number of halogens is 2. The summed E-state index contributed by atoms with van der Waals surface area (Å²) in [6, 6.07) is 22.3. The second-order valence-corrected chi connectivity index (χ2v) is 9.71. The highest BCUT2D eigenvalue weighted by Crippen LogP contribution is 2.24. The van der Waals surface area contributed by atoms with E-state index in [0.717, 1.165) is 28.7 Å². The van der Waals surface area contributed by atoms with E-state index in [2.05, 4.69) is 5.32 Å². The molecule has 2 atom stereocenters. The van der Waals surface area contributed by atoms with E-state index in [9.17, 15) is 9.59 Å². The molecule has 0 radical (unpaired) electrons. The van der Waals surface area contributed by atoms with Crippen molar-refractivity contribution in [3.8, 4) is 0 Å². The lowest BCUT2D eigenvalue weighted by Crippen LogP contribution is -2.52. The Morgan fingerprint density at radius 3 is 2.26 bits per heavy atom. The molecule has 0 aliphatic carbocycles. The van der Waals surface area contributed by atoms with Gasteiger partial charge in [0.1, 0.15) is 6.04 Å². The summed E-state index contributed by atoms with van der Waals surface area (Å²) in [5.74, 6) is -0.300. The molecule has 6 heteroatoms. The van der Waals surface area contributed by atoms with E-state index in [-0.39, 0.29) is 24.3 Å². The number of hydrogen-bond acceptors (Lipinski definition) is 2. The molecule has 0 spiro atoms. The number of aryl methyl sites for hydroxylation is 1. The molecular formula is C29H32Cl2N2O2. The standard InChI is InChI=1S/C29H32Cl2N2O2/c1-4-21(3)32-29(35)27(17-22-11-6-5-7-12-22)33(19-24-13-9-8-10-20(24)2)28(34)18-23-14-15-25(30)26(31)16-23/h5-16,21,27H,4,17-19H2,1-3H3,(H,32,35)/t21-,27-/m1/s1. The third-order valence-corrected chi connectivity index (χ3v) is 6.95. The number of amides is 2. The second-order valence-electron chi connectivity index (χ2n) is 8.90. The van der Waals surface area contributed by atoms with Crippen molar-refractivity contribution in [1.82, 2.24) is 10.2 Å². The third-order valence-electron chi connectivity index (χ3n) is 6.21. The zero-order valence-electron chi connectivity index (χ0n) is 20.4. The Morgan fingerprint density at radius 1 is 0.914 bits per heavy atom. The number of hydrogen-bond donors (Lipinski definition) is 1. The molecule has 3 aromatic carbocycles. The molecule has 0 aliphatic rings. The number of rotatable bonds is 10. The first-order chi connectivity index (χ1) is 16.8. The van der Waals surface area contributed by atoms with Crippen molar-refractivity contribution >= 4 is 35.0 Å². The molecule has 0 fully saturated rings. The van der Waals surface area contributed by atoms with E-state index >= 15 is 0 Å². The van der Waals surface area contributed by atoms with Gasteiger partial charge in [0.05, 0.1) is 16.5 Å². The molecule has 0 aromatic heterocycles. The number of carbonyl (C=O) groups is 2. The second kappa shape index (κ2) is 12.8. The quantitative estimate of drug-likeness (QED) is 0.343. The smallest absolute Gasteiger partial charge is 0.243 e. The monoisotopic (exact) mass is 510 g/mol. The van der Waals surface area contributed by atoms with E-state index in [4.69, 9.17) is 23.2 Å². The molecular weight excluding hydrogens is 479 g/mol. The summed E-state index contributed by atoms with van der Waals surface area (Å²) in [6.07, 6.45) is 1.34. The molecule has 1 N–H and O–H groups in total. The molecule has 0 aliphatic heterocycles. The van der Waals surface area contributed by atoms with Crippen LogP contribution in [0, 0.1) is 6.92 Å². The molecule has 4 nitrogen and oxygen atoms in total. The van der Waals surface area contributed by atoms with Crippen molar-refractivity contribution < 1.29 is 9.59 Å². The Balaban J connectivity index is 1.99. The lowest BCUT2D eigenvalue weighted by atomic mass is 10.00. The lowest BCUT2D eigenvalue weighted by molar-refractivity contribution is -0.141. The van der Waals surface area contributed by atoms with Crippen LogP contribution in [0.2, 0.25) is 10.0 Å². The Morgan fingerprint density at radius 2 is 1.60 bits per heavy atom. The largest absolute Gasteiger partial charge is 0.352 e. The summed E-state index contributed by atoms with van der Waals surface area (Å²) in [6.45, 7) is 6.35. The van der Waals surface area contributed by atoms with Crippen molar-refractivity contribution in [3.05, 3.63) is 105 Å². The molecule has 35 heavy (non-hydrogen) atoms. The summed E-state index contributed by atoms with van der Waals surface area (Å²) < 4.78 is 0. The summed E-state index contributed by atoms with van der Waals surface area (Å²) in [7, 11) is 0. The fourth-order valence-corrected chi connectivity index (χ4v) is 4.21. The number of benzene rings is 3. The van der Waals surface area contributed by atoms with Gasteiger partial charge in [-0.25, -0.2) is 0 Å². The molecule has 2 amide bonds. The maximum atomic E-state index is 13.8. The Kier molecular flexibility index (Phi) is 9.76. The maximum Gasteiger partial charge on any atom is 0.243 e. The lowest BCUT2D eigenvalue weighted by Gasteiger charge is -2.33. The van der Waals surface area contributed by atoms with Crippen molar-refractivity contribution in [2.45, 2.75) is 58.7 Å². The van der Waals surface area contributed by atoms with Crippen LogP contribution in [0.15, 0.2) is 72.8 Å². The summed E-state index contributed by atoms with van der Waals surface area (Å²) in [5.41, 5.74) is 3.82. The van der Waals surface area contributed by atoms with Crippen LogP contribution in [-0.4, -0.2) is 28.8 Å². The number of nitrogens with one attached hydrogen (secondary N) is 1. The van der Waals surface area contributed by atoms with Gasteiger partial charge in [0.2, 0.25) is 11.8 Å². The summed E-state index contributed by atoms with van der Waals surface area (Å²) in [4.78, 5) is 29.0. The molecule has 0 bridgehead atoms. The minimum absolute atomic E-state index is 0.00580. The average molecular weight is 511 g/mol. The van der Waals surface area contributed by atoms with Crippen LogP contribution in [0.25, 0.3) is 0 Å². The van der Waals surface area contributed by atoms with Gasteiger partial charge < -0.3 is 10.2 Å². The van der Waals surface area contributed by atoms with Gasteiger partial charge in [-0.2, -0.15) is 0 Å². The zero-order chi connectivity index (χ0) is 25.4. The van der Waals surface area contributed by atoms with E-state index in [1.807, 2.05) is 75.4 Å². The van der Waals surface area contributed by atoms with Gasteiger partial charge >= 0.3 is 0 Å². The maximum absolute atomic E-state index is 13.8. The first-order valence-corrected chi connectivity index (χ1v) is 12.7. The predicted octanol–water partition coefficient (Wildman–Crippen LogP) is 6.40. The first kappa shape index (κ1) is 26.8. The van der Waals surface area contributed by atoms with E-state index in [1.54, 1.807) is 23.1 Å². The topological polar surface area (TPSA) is 49.4 Å². The van der Waals surface area contributed by atoms with Gasteiger partial charge in [-0.05, 0) is 54.7 Å². The SMILES string of the molecule is CC[C@@H](C)NC(=O)[C@@H](Cc1ccccc1)N(Cc1ccccc1C)C(=O)Cc1ccc(Cl)c(Cl)c1. The molecule has 0 unspecified atom stereocenters. The molecule has 184 valence electrons. The highest BCUT2D eigenvalue weighted by Gasteiger charge is 2.31. The van der Waals surface area contributed by atoms with E-state index in [0.29, 0.717) is 23.0 Å². The Bertz CT molecular complexity index is 1150. The third kappa shape index (κ3) is 7.58. The highest BCUT2D eigenvalue weighted by atomic mass is 35.5. The van der Waals surface area contributed by atoms with Crippen LogP contribution in [0.3, 0.4) is 0 Å². The fourth-order valence-electron chi connectivity index (χ4n) is 3.89. The first-order valence-electron chi connectivity index (χ1n) is 11.9. The van der Waals surface area contributed by atoms with Crippen molar-refractivity contribution in [2.24, 2.45) is 0 Å². The normalized spacial score (nSPS) is 12.6. The van der Waals surface area contributed by atoms with E-state index < -0.39 is 6.04 Å². The van der Waals surface area contributed by atoms with Gasteiger partial charge in [-0.15, -0.1) is 0 Å². The minimum atomic E-state index is -0.665. The fraction of sp³-hybridized carbons (Fsp3) is 0.310. The van der Waals surface area contributed by atoms with Crippen LogP contribution in [0.4, 0.5) is 0 Å². The summed E-state index contributed by atoms with van der Waals surface area (Å²) >= 11 is 12.3. The van der Waals surface area contributed by atoms with Gasteiger partial charge in [0, 0.05) is 19.0 Å². The van der Waals surface area contributed by atoms with Crippen molar-refractivity contribution in [1.29, 1.82) is 0 Å². The molecule has 0 saturated carbocycles. The van der Waals surface area contributed by atoms with Crippen LogP contribution in [0.5, 0.6) is 0 Å². The highest BCUT2D eigenvalue weighted by molar-refractivity contribution is 6.42.